The molecule has 2 heterocycles. The highest BCUT2D eigenvalue weighted by Gasteiger charge is 2.09. The number of rotatable bonds is 2. The molecule has 0 aliphatic carbocycles. The normalized spacial score (nSPS) is 9.53. The predicted octanol–water partition coefficient (Wildman–Crippen LogP) is 0.428. The molecule has 0 aromatic carbocycles. The molecule has 0 spiro atoms. The monoisotopic (exact) mass is 275 g/mol. The van der Waals surface area contributed by atoms with Crippen LogP contribution in [0.5, 0.6) is 0 Å². The molecule has 0 fully saturated rings. The summed E-state index contributed by atoms with van der Waals surface area (Å²) in [7, 11) is 0. The van der Waals surface area contributed by atoms with Crippen LogP contribution in [0.4, 0.5) is 5.82 Å². The zero-order valence-electron chi connectivity index (χ0n) is 9.64. The van der Waals surface area contributed by atoms with Crippen molar-refractivity contribution in [3.05, 3.63) is 44.4 Å². The molecule has 2 aromatic heterocycles. The molecule has 0 saturated heterocycles. The molecular formula is C12H9N3O3S. The lowest BCUT2D eigenvalue weighted by atomic mass is 10.3. The predicted molar refractivity (Wildman–Crippen MR) is 71.1 cm³/mol. The first-order valence-corrected chi connectivity index (χ1v) is 6.12. The number of aromatic nitrogens is 2. The van der Waals surface area contributed by atoms with Crippen molar-refractivity contribution in [3.8, 4) is 11.8 Å². The minimum absolute atomic E-state index is 0.221. The molecule has 0 aliphatic rings. The summed E-state index contributed by atoms with van der Waals surface area (Å²) >= 11 is 1.31. The lowest BCUT2D eigenvalue weighted by molar-refractivity contribution is 0.102. The van der Waals surface area contributed by atoms with Crippen molar-refractivity contribution < 1.29 is 9.90 Å². The quantitative estimate of drug-likeness (QED) is 0.692. The van der Waals surface area contributed by atoms with E-state index in [0.717, 1.165) is 0 Å². The number of hydrogen-bond donors (Lipinski definition) is 3. The molecule has 0 radical (unpaired) electrons. The number of nitrogens with one attached hydrogen (secondary N) is 2. The molecule has 2 rings (SSSR count). The van der Waals surface area contributed by atoms with E-state index in [1.54, 1.807) is 11.4 Å². The van der Waals surface area contributed by atoms with E-state index >= 15 is 0 Å². The Labute approximate surface area is 112 Å². The highest BCUT2D eigenvalue weighted by atomic mass is 32.1. The number of thiophene rings is 1. The van der Waals surface area contributed by atoms with E-state index in [1.807, 2.05) is 0 Å². The summed E-state index contributed by atoms with van der Waals surface area (Å²) in [5, 5.41) is 18.7. The molecule has 96 valence electrons. The van der Waals surface area contributed by atoms with Gasteiger partial charge in [-0.2, -0.15) is 5.10 Å². The Bertz CT molecular complexity index is 688. The zero-order valence-corrected chi connectivity index (χ0v) is 10.5. The molecule has 0 atom stereocenters. The first-order valence-electron chi connectivity index (χ1n) is 5.24. The van der Waals surface area contributed by atoms with Crippen LogP contribution in [0, 0.1) is 11.8 Å². The number of hydrogen-bond acceptors (Lipinski definition) is 5. The number of aromatic amines is 1. The van der Waals surface area contributed by atoms with E-state index in [4.69, 9.17) is 5.11 Å². The first-order chi connectivity index (χ1) is 9.19. The van der Waals surface area contributed by atoms with Gasteiger partial charge in [-0.25, -0.2) is 5.10 Å². The second-order valence-electron chi connectivity index (χ2n) is 3.42. The number of aliphatic hydroxyl groups is 1. The number of carbonyl (C=O) groups excluding carboxylic acids is 1. The van der Waals surface area contributed by atoms with E-state index in [2.05, 4.69) is 27.4 Å². The maximum Gasteiger partial charge on any atom is 0.264 e. The summed E-state index contributed by atoms with van der Waals surface area (Å²) in [5.74, 6) is 5.14. The molecular weight excluding hydrogens is 266 g/mol. The Kier molecular flexibility index (Phi) is 4.07. The topological polar surface area (TPSA) is 95.1 Å². The third kappa shape index (κ3) is 3.51. The lowest BCUT2D eigenvalue weighted by Crippen LogP contribution is -2.15. The molecule has 2 aromatic rings. The van der Waals surface area contributed by atoms with Gasteiger partial charge in [-0.15, -0.1) is 11.3 Å². The van der Waals surface area contributed by atoms with Gasteiger partial charge in [-0.05, 0) is 12.1 Å². The minimum atomic E-state index is -0.340. The lowest BCUT2D eigenvalue weighted by Gasteiger charge is -2.00. The number of aliphatic hydroxyl groups excluding tert-OH is 1. The summed E-state index contributed by atoms with van der Waals surface area (Å²) in [6.45, 7) is -0.221. The van der Waals surface area contributed by atoms with Crippen molar-refractivity contribution in [2.45, 2.75) is 0 Å². The molecule has 1 amide bonds. The fourth-order valence-electron chi connectivity index (χ4n) is 1.25. The Morgan fingerprint density at radius 1 is 1.53 bits per heavy atom. The fourth-order valence-corrected chi connectivity index (χ4v) is 2.01. The van der Waals surface area contributed by atoms with Gasteiger partial charge in [0.15, 0.2) is 5.82 Å². The summed E-state index contributed by atoms with van der Waals surface area (Å²) in [5.41, 5.74) is 0.107. The van der Waals surface area contributed by atoms with Gasteiger partial charge in [0.2, 0.25) is 0 Å². The summed E-state index contributed by atoms with van der Waals surface area (Å²) < 4.78 is 0. The third-order valence-corrected chi connectivity index (χ3v) is 2.92. The number of amides is 1. The Morgan fingerprint density at radius 2 is 2.37 bits per heavy atom. The van der Waals surface area contributed by atoms with Crippen molar-refractivity contribution in [1.29, 1.82) is 0 Å². The van der Waals surface area contributed by atoms with Crippen LogP contribution in [0.2, 0.25) is 0 Å². The Morgan fingerprint density at radius 3 is 3.05 bits per heavy atom. The molecule has 6 nitrogen and oxygen atoms in total. The number of H-pyrrole nitrogens is 1. The van der Waals surface area contributed by atoms with Crippen molar-refractivity contribution in [2.75, 3.05) is 11.9 Å². The van der Waals surface area contributed by atoms with Crippen molar-refractivity contribution in [1.82, 2.24) is 10.2 Å². The fraction of sp³-hybridized carbons (Fsp3) is 0.0833. The van der Waals surface area contributed by atoms with E-state index in [1.165, 1.54) is 23.5 Å². The van der Waals surface area contributed by atoms with Gasteiger partial charge in [0.05, 0.1) is 10.4 Å². The molecule has 0 unspecified atom stereocenters. The van der Waals surface area contributed by atoms with Crippen LogP contribution < -0.4 is 10.9 Å². The van der Waals surface area contributed by atoms with E-state index in [-0.39, 0.29) is 23.9 Å². The van der Waals surface area contributed by atoms with Crippen LogP contribution in [-0.4, -0.2) is 27.8 Å². The van der Waals surface area contributed by atoms with Crippen molar-refractivity contribution in [2.24, 2.45) is 0 Å². The van der Waals surface area contributed by atoms with Crippen LogP contribution >= 0.6 is 11.3 Å². The number of carbonyl (C=O) groups is 1. The number of anilines is 1. The van der Waals surface area contributed by atoms with Gasteiger partial charge in [0.1, 0.15) is 6.61 Å². The van der Waals surface area contributed by atoms with Crippen LogP contribution in [0.1, 0.15) is 15.2 Å². The first kappa shape index (κ1) is 13.0. The molecule has 0 bridgehead atoms. The SMILES string of the molecule is O=C(Nc1ccc(=O)[nH]n1)c1csc(C#CCO)c1. The van der Waals surface area contributed by atoms with Crippen LogP contribution in [0.3, 0.4) is 0 Å². The second-order valence-corrected chi connectivity index (χ2v) is 4.33. The Hall–Kier alpha value is -2.43. The maximum absolute atomic E-state index is 11.9. The molecule has 0 aliphatic heterocycles. The van der Waals surface area contributed by atoms with E-state index < -0.39 is 0 Å². The Balaban J connectivity index is 2.09. The van der Waals surface area contributed by atoms with Gasteiger partial charge in [-0.1, -0.05) is 11.8 Å². The van der Waals surface area contributed by atoms with Gasteiger partial charge < -0.3 is 10.4 Å². The van der Waals surface area contributed by atoms with E-state index in [0.29, 0.717) is 10.4 Å². The molecule has 0 saturated carbocycles. The second kappa shape index (κ2) is 5.95. The molecule has 19 heavy (non-hydrogen) atoms. The smallest absolute Gasteiger partial charge is 0.264 e. The molecule has 3 N–H and O–H groups in total. The standard InChI is InChI=1S/C12H9N3O3S/c16-5-1-2-9-6-8(7-19-9)12(18)13-10-3-4-11(17)15-14-10/h3-4,6-7,16H,5H2,(H,15,17)(H,13,14,18). The average Bonchev–Trinajstić information content (AvgIpc) is 2.88. The highest BCUT2D eigenvalue weighted by Crippen LogP contribution is 2.14. The van der Waals surface area contributed by atoms with Gasteiger partial charge in [0, 0.05) is 11.4 Å². The average molecular weight is 275 g/mol. The summed E-state index contributed by atoms with van der Waals surface area (Å²) in [6.07, 6.45) is 0. The maximum atomic E-state index is 11.9. The van der Waals surface area contributed by atoms with Crippen LogP contribution in [0.15, 0.2) is 28.4 Å². The largest absolute Gasteiger partial charge is 0.384 e. The highest BCUT2D eigenvalue weighted by molar-refractivity contribution is 7.10. The number of nitrogens with zero attached hydrogens (tertiary/aromatic N) is 1. The van der Waals surface area contributed by atoms with Crippen molar-refractivity contribution in [3.63, 3.8) is 0 Å². The van der Waals surface area contributed by atoms with Gasteiger partial charge >= 0.3 is 0 Å². The van der Waals surface area contributed by atoms with E-state index in [9.17, 15) is 9.59 Å². The van der Waals surface area contributed by atoms with Gasteiger partial charge in [0.25, 0.3) is 11.5 Å². The third-order valence-electron chi connectivity index (χ3n) is 2.07. The summed E-state index contributed by atoms with van der Waals surface area (Å²) in [6, 6.07) is 4.30. The van der Waals surface area contributed by atoms with Crippen molar-refractivity contribution >= 4 is 23.1 Å². The minimum Gasteiger partial charge on any atom is -0.384 e. The zero-order chi connectivity index (χ0) is 13.7. The van der Waals surface area contributed by atoms with Gasteiger partial charge in [-0.3, -0.25) is 9.59 Å². The van der Waals surface area contributed by atoms with Crippen LogP contribution in [0.25, 0.3) is 0 Å². The van der Waals surface area contributed by atoms with Crippen LogP contribution in [-0.2, 0) is 0 Å². The summed E-state index contributed by atoms with van der Waals surface area (Å²) in [4.78, 5) is 23.4. The molecule has 7 heteroatoms.